The third-order valence-electron chi connectivity index (χ3n) is 2.08. The second kappa shape index (κ2) is 6.13. The molecule has 1 aromatic rings. The van der Waals surface area contributed by atoms with Crippen LogP contribution in [-0.4, -0.2) is 22.9 Å². The molecule has 1 aromatic carbocycles. The summed E-state index contributed by atoms with van der Waals surface area (Å²) in [7, 11) is -3.37. The lowest BCUT2D eigenvalue weighted by atomic mass is 10.3. The van der Waals surface area contributed by atoms with Crippen molar-refractivity contribution in [3.63, 3.8) is 0 Å². The van der Waals surface area contributed by atoms with Crippen LogP contribution in [0.1, 0.15) is 19.8 Å². The zero-order valence-electron chi connectivity index (χ0n) is 9.42. The number of unbranched alkanes of at least 4 members (excludes halogenated alkanes) is 1. The Kier molecular flexibility index (Phi) is 5.10. The summed E-state index contributed by atoms with van der Waals surface area (Å²) in [5, 5.41) is 0. The van der Waals surface area contributed by atoms with Crippen molar-refractivity contribution in [2.75, 3.05) is 10.5 Å². The van der Waals surface area contributed by atoms with Crippen LogP contribution in [0, 0.1) is 0 Å². The minimum absolute atomic E-state index is 0.0515. The number of hydrogen-bond donors (Lipinski definition) is 2. The molecule has 0 aliphatic heterocycles. The van der Waals surface area contributed by atoms with Gasteiger partial charge < -0.3 is 4.55 Å². The monoisotopic (exact) mass is 277 g/mol. The minimum Gasteiger partial charge on any atom is -0.302 e. The molecular weight excluding hydrogens is 262 g/mol. The van der Waals surface area contributed by atoms with Crippen molar-refractivity contribution in [1.82, 2.24) is 0 Å². The van der Waals surface area contributed by atoms with E-state index in [4.69, 9.17) is 4.55 Å². The first-order valence-electron chi connectivity index (χ1n) is 5.16. The summed E-state index contributed by atoms with van der Waals surface area (Å²) in [4.78, 5) is 0.167. The van der Waals surface area contributed by atoms with Gasteiger partial charge in [-0.3, -0.25) is 4.72 Å². The van der Waals surface area contributed by atoms with Crippen LogP contribution in [0.25, 0.3) is 0 Å². The lowest BCUT2D eigenvalue weighted by molar-refractivity contribution is 0.564. The summed E-state index contributed by atoms with van der Waals surface area (Å²) >= 11 is -2.11. The largest absolute Gasteiger partial charge is 0.302 e. The lowest BCUT2D eigenvalue weighted by Gasteiger charge is -2.07. The van der Waals surface area contributed by atoms with Gasteiger partial charge in [-0.25, -0.2) is 12.6 Å². The smallest absolute Gasteiger partial charge is 0.232 e. The van der Waals surface area contributed by atoms with Crippen molar-refractivity contribution < 1.29 is 17.2 Å². The van der Waals surface area contributed by atoms with Crippen molar-refractivity contribution in [2.45, 2.75) is 24.7 Å². The Bertz CT molecular complexity index is 499. The number of rotatable bonds is 6. The van der Waals surface area contributed by atoms with E-state index in [2.05, 4.69) is 4.72 Å². The van der Waals surface area contributed by atoms with E-state index in [0.717, 1.165) is 6.42 Å². The first-order chi connectivity index (χ1) is 7.94. The van der Waals surface area contributed by atoms with Gasteiger partial charge in [0.2, 0.25) is 10.0 Å². The summed E-state index contributed by atoms with van der Waals surface area (Å²) in [6.45, 7) is 1.91. The molecule has 1 unspecified atom stereocenters. The van der Waals surface area contributed by atoms with Crippen LogP contribution in [0.5, 0.6) is 0 Å². The van der Waals surface area contributed by atoms with Crippen LogP contribution in [0.3, 0.4) is 0 Å². The topological polar surface area (TPSA) is 83.5 Å². The maximum absolute atomic E-state index is 11.6. The number of anilines is 1. The molecule has 0 aliphatic rings. The Morgan fingerprint density at radius 3 is 2.71 bits per heavy atom. The van der Waals surface area contributed by atoms with Gasteiger partial charge >= 0.3 is 0 Å². The van der Waals surface area contributed by atoms with Crippen molar-refractivity contribution in [1.29, 1.82) is 0 Å². The molecule has 0 heterocycles. The summed E-state index contributed by atoms with van der Waals surface area (Å²) in [5.41, 5.74) is 0.306. The van der Waals surface area contributed by atoms with Gasteiger partial charge in [0, 0.05) is 5.69 Å². The Morgan fingerprint density at radius 1 is 1.41 bits per heavy atom. The van der Waals surface area contributed by atoms with Crippen LogP contribution >= 0.6 is 0 Å². The highest BCUT2D eigenvalue weighted by atomic mass is 32.2. The van der Waals surface area contributed by atoms with E-state index in [9.17, 15) is 12.6 Å². The zero-order chi connectivity index (χ0) is 12.9. The Balaban J connectivity index is 2.81. The Morgan fingerprint density at radius 2 is 2.12 bits per heavy atom. The van der Waals surface area contributed by atoms with E-state index in [1.54, 1.807) is 6.07 Å². The normalized spacial score (nSPS) is 13.3. The zero-order valence-corrected chi connectivity index (χ0v) is 11.1. The molecule has 0 radical (unpaired) electrons. The van der Waals surface area contributed by atoms with Crippen molar-refractivity contribution >= 4 is 26.8 Å². The predicted molar refractivity (Wildman–Crippen MR) is 67.8 cm³/mol. The van der Waals surface area contributed by atoms with E-state index in [-0.39, 0.29) is 10.6 Å². The lowest BCUT2D eigenvalue weighted by Crippen LogP contribution is -2.16. The second-order valence-electron chi connectivity index (χ2n) is 3.55. The van der Waals surface area contributed by atoms with Crippen LogP contribution in [0.15, 0.2) is 29.2 Å². The van der Waals surface area contributed by atoms with E-state index < -0.39 is 21.1 Å². The maximum atomic E-state index is 11.6. The van der Waals surface area contributed by atoms with Gasteiger partial charge in [0.25, 0.3) is 0 Å². The Labute approximate surface area is 104 Å². The summed E-state index contributed by atoms with van der Waals surface area (Å²) in [6.07, 6.45) is 1.38. The predicted octanol–water partition coefficient (Wildman–Crippen LogP) is 1.81. The van der Waals surface area contributed by atoms with E-state index in [1.807, 2.05) is 6.92 Å². The quantitative estimate of drug-likeness (QED) is 0.777. The van der Waals surface area contributed by atoms with E-state index >= 15 is 0 Å². The number of nitrogens with one attached hydrogen (secondary N) is 1. The molecule has 17 heavy (non-hydrogen) atoms. The summed E-state index contributed by atoms with van der Waals surface area (Å²) in [5.74, 6) is 0.0515. The molecule has 0 fully saturated rings. The minimum atomic E-state index is -3.37. The average Bonchev–Trinajstić information content (AvgIpc) is 2.26. The number of sulfonamides is 1. The van der Waals surface area contributed by atoms with Crippen molar-refractivity contribution in [3.8, 4) is 0 Å². The average molecular weight is 277 g/mol. The van der Waals surface area contributed by atoms with Gasteiger partial charge in [-0.15, -0.1) is 0 Å². The SMILES string of the molecule is CCCCS(=O)(=O)Nc1cccc(S(=O)O)c1. The highest BCUT2D eigenvalue weighted by Gasteiger charge is 2.10. The molecule has 0 bridgehead atoms. The number of benzene rings is 1. The molecule has 2 N–H and O–H groups in total. The molecule has 0 aliphatic carbocycles. The molecule has 0 saturated heterocycles. The van der Waals surface area contributed by atoms with Gasteiger partial charge in [-0.05, 0) is 24.6 Å². The van der Waals surface area contributed by atoms with Gasteiger partial charge in [0.1, 0.15) is 0 Å². The fraction of sp³-hybridized carbons (Fsp3) is 0.400. The fourth-order valence-corrected chi connectivity index (χ4v) is 2.91. The molecule has 0 aromatic heterocycles. The van der Waals surface area contributed by atoms with E-state index in [0.29, 0.717) is 12.1 Å². The third-order valence-corrected chi connectivity index (χ3v) is 4.11. The molecule has 5 nitrogen and oxygen atoms in total. The van der Waals surface area contributed by atoms with Crippen LogP contribution in [-0.2, 0) is 21.1 Å². The highest BCUT2D eigenvalue weighted by Crippen LogP contribution is 2.15. The van der Waals surface area contributed by atoms with Crippen LogP contribution in [0.2, 0.25) is 0 Å². The molecular formula is C10H15NO4S2. The first-order valence-corrected chi connectivity index (χ1v) is 7.92. The third kappa shape index (κ3) is 4.84. The highest BCUT2D eigenvalue weighted by molar-refractivity contribution is 7.92. The fourth-order valence-electron chi connectivity index (χ4n) is 1.23. The molecule has 1 rings (SSSR count). The molecule has 1 atom stereocenters. The van der Waals surface area contributed by atoms with Crippen molar-refractivity contribution in [2.24, 2.45) is 0 Å². The molecule has 7 heteroatoms. The van der Waals surface area contributed by atoms with Gasteiger partial charge in [-0.2, -0.15) is 0 Å². The summed E-state index contributed by atoms with van der Waals surface area (Å²) < 4.78 is 45.3. The van der Waals surface area contributed by atoms with Gasteiger partial charge in [0.15, 0.2) is 11.1 Å². The van der Waals surface area contributed by atoms with Gasteiger partial charge in [0.05, 0.1) is 10.6 Å². The Hall–Kier alpha value is -0.920. The van der Waals surface area contributed by atoms with Gasteiger partial charge in [-0.1, -0.05) is 19.4 Å². The molecule has 0 amide bonds. The van der Waals surface area contributed by atoms with Crippen molar-refractivity contribution in [3.05, 3.63) is 24.3 Å². The van der Waals surface area contributed by atoms with E-state index in [1.165, 1.54) is 18.2 Å². The van der Waals surface area contributed by atoms with Crippen LogP contribution in [0.4, 0.5) is 5.69 Å². The molecule has 96 valence electrons. The first kappa shape index (κ1) is 14.1. The standard InChI is InChI=1S/C10H15NO4S2/c1-2-3-7-17(14,15)11-9-5-4-6-10(8-9)16(12)13/h4-6,8,11H,2-3,7H2,1H3,(H,12,13). The maximum Gasteiger partial charge on any atom is 0.232 e. The molecule has 0 saturated carbocycles. The van der Waals surface area contributed by atoms with Crippen LogP contribution < -0.4 is 4.72 Å². The summed E-state index contributed by atoms with van der Waals surface area (Å²) in [6, 6.07) is 5.88. The number of hydrogen-bond acceptors (Lipinski definition) is 3. The second-order valence-corrected chi connectivity index (χ2v) is 6.36. The molecule has 0 spiro atoms.